The number of thiazole rings is 1. The smallest absolute Gasteiger partial charge is 0.317 e. The summed E-state index contributed by atoms with van der Waals surface area (Å²) in [6.45, 7) is 7.66. The minimum Gasteiger partial charge on any atom is -0.480 e. The van der Waals surface area contributed by atoms with Gasteiger partial charge in [0, 0.05) is 17.8 Å². The number of hydrogen-bond acceptors (Lipinski definition) is 4. The van der Waals surface area contributed by atoms with Gasteiger partial charge in [-0.25, -0.2) is 4.98 Å². The van der Waals surface area contributed by atoms with E-state index in [0.29, 0.717) is 0 Å². The first-order valence-electron chi connectivity index (χ1n) is 7.45. The van der Waals surface area contributed by atoms with Crippen LogP contribution in [0.25, 0.3) is 16.0 Å². The second-order valence-electron chi connectivity index (χ2n) is 5.50. The monoisotopic (exact) mass is 326 g/mol. The maximum absolute atomic E-state index is 10.8. The molecule has 1 atom stereocenters. The van der Waals surface area contributed by atoms with Crippen LogP contribution in [0.2, 0.25) is 0 Å². The summed E-state index contributed by atoms with van der Waals surface area (Å²) in [5.41, 5.74) is 4.49. The van der Waals surface area contributed by atoms with E-state index in [9.17, 15) is 4.79 Å². The van der Waals surface area contributed by atoms with E-state index in [4.69, 9.17) is 5.11 Å². The molecule has 2 aromatic rings. The van der Waals surface area contributed by atoms with Crippen molar-refractivity contribution in [3.63, 3.8) is 0 Å². The molecule has 5 heteroatoms. The minimum absolute atomic E-state index is 0.0157. The van der Waals surface area contributed by atoms with Gasteiger partial charge in [0.25, 0.3) is 0 Å². The van der Waals surface area contributed by atoms with Crippen molar-refractivity contribution in [2.45, 2.75) is 18.9 Å². The van der Waals surface area contributed by atoms with Crippen molar-refractivity contribution in [2.24, 2.45) is 0 Å². The minimum atomic E-state index is -0.829. The van der Waals surface area contributed by atoms with Crippen molar-refractivity contribution in [1.29, 1.82) is 0 Å². The van der Waals surface area contributed by atoms with Crippen molar-refractivity contribution < 1.29 is 9.90 Å². The van der Waals surface area contributed by atoms with Gasteiger partial charge in [-0.3, -0.25) is 4.79 Å². The molecule has 0 saturated carbocycles. The Kier molecular flexibility index (Phi) is 4.41. The molecule has 0 saturated heterocycles. The number of hydrogen-bond donors (Lipinski definition) is 2. The summed E-state index contributed by atoms with van der Waals surface area (Å²) < 4.78 is 0. The van der Waals surface area contributed by atoms with Gasteiger partial charge in [-0.2, -0.15) is 0 Å². The standard InChI is InChI=1S/C18H18N2O2S/c1-3-11(2)18-20-9-16(23-18)14-6-4-5-13-12(14)7-8-15(13)19-10-17(21)22/h3-6,9,15,19H,1-2,7-8,10H2,(H,21,22). The van der Waals surface area contributed by atoms with Crippen LogP contribution < -0.4 is 5.32 Å². The molecule has 4 nitrogen and oxygen atoms in total. The van der Waals surface area contributed by atoms with Crippen molar-refractivity contribution >= 4 is 22.9 Å². The average molecular weight is 326 g/mol. The molecule has 1 aliphatic rings. The first kappa shape index (κ1) is 15.6. The molecule has 2 N–H and O–H groups in total. The Labute approximate surface area is 139 Å². The van der Waals surface area contributed by atoms with Crippen LogP contribution in [0.3, 0.4) is 0 Å². The summed E-state index contributed by atoms with van der Waals surface area (Å²) in [7, 11) is 0. The quantitative estimate of drug-likeness (QED) is 0.795. The zero-order chi connectivity index (χ0) is 16.4. The van der Waals surface area contributed by atoms with E-state index in [1.807, 2.05) is 12.3 Å². The van der Waals surface area contributed by atoms with Gasteiger partial charge in [-0.05, 0) is 29.5 Å². The van der Waals surface area contributed by atoms with E-state index >= 15 is 0 Å². The van der Waals surface area contributed by atoms with Crippen molar-refractivity contribution in [1.82, 2.24) is 10.3 Å². The van der Waals surface area contributed by atoms with Gasteiger partial charge in [0.2, 0.25) is 0 Å². The fraction of sp³-hybridized carbons (Fsp3) is 0.222. The summed E-state index contributed by atoms with van der Waals surface area (Å²) >= 11 is 1.61. The third-order valence-corrected chi connectivity index (χ3v) is 5.17. The first-order valence-corrected chi connectivity index (χ1v) is 8.26. The molecule has 23 heavy (non-hydrogen) atoms. The van der Waals surface area contributed by atoms with E-state index in [1.165, 1.54) is 16.7 Å². The lowest BCUT2D eigenvalue weighted by molar-refractivity contribution is -0.136. The molecular weight excluding hydrogens is 308 g/mol. The Morgan fingerprint density at radius 3 is 3.09 bits per heavy atom. The molecule has 0 bridgehead atoms. The predicted octanol–water partition coefficient (Wildman–Crippen LogP) is 3.67. The van der Waals surface area contributed by atoms with E-state index < -0.39 is 5.97 Å². The molecule has 0 aliphatic heterocycles. The van der Waals surface area contributed by atoms with Crippen molar-refractivity contribution in [2.75, 3.05) is 6.54 Å². The van der Waals surface area contributed by atoms with Gasteiger partial charge in [0.15, 0.2) is 0 Å². The number of carbonyl (C=O) groups is 1. The van der Waals surface area contributed by atoms with Gasteiger partial charge in [-0.1, -0.05) is 37.4 Å². The van der Waals surface area contributed by atoms with Crippen LogP contribution in [-0.2, 0) is 11.2 Å². The summed E-state index contributed by atoms with van der Waals surface area (Å²) in [4.78, 5) is 16.3. The molecule has 1 aliphatic carbocycles. The van der Waals surface area contributed by atoms with Crippen LogP contribution in [0.4, 0.5) is 0 Å². The molecular formula is C18H18N2O2S. The van der Waals surface area contributed by atoms with Gasteiger partial charge in [0.05, 0.1) is 11.4 Å². The number of allylic oxidation sites excluding steroid dienone is 2. The van der Waals surface area contributed by atoms with Gasteiger partial charge >= 0.3 is 5.97 Å². The summed E-state index contributed by atoms with van der Waals surface area (Å²) in [6, 6.07) is 6.32. The van der Waals surface area contributed by atoms with Crippen LogP contribution in [0, 0.1) is 0 Å². The maximum Gasteiger partial charge on any atom is 0.317 e. The number of aromatic nitrogens is 1. The lowest BCUT2D eigenvalue weighted by Crippen LogP contribution is -2.25. The average Bonchev–Trinajstić information content (AvgIpc) is 3.19. The lowest BCUT2D eigenvalue weighted by Gasteiger charge is -2.13. The Bertz CT molecular complexity index is 779. The molecule has 0 fully saturated rings. The van der Waals surface area contributed by atoms with Crippen molar-refractivity contribution in [3.8, 4) is 10.4 Å². The Balaban J connectivity index is 1.91. The third kappa shape index (κ3) is 3.11. The number of carboxylic acids is 1. The number of fused-ring (bicyclic) bond motifs is 1. The van der Waals surface area contributed by atoms with Crippen LogP contribution in [0.1, 0.15) is 28.6 Å². The largest absolute Gasteiger partial charge is 0.480 e. The second-order valence-corrected chi connectivity index (χ2v) is 6.53. The molecule has 1 heterocycles. The van der Waals surface area contributed by atoms with Crippen LogP contribution in [0.15, 0.2) is 43.6 Å². The molecule has 0 spiro atoms. The molecule has 0 radical (unpaired) electrons. The summed E-state index contributed by atoms with van der Waals surface area (Å²) in [5, 5.41) is 12.8. The van der Waals surface area contributed by atoms with Crippen molar-refractivity contribution in [3.05, 3.63) is 59.8 Å². The highest BCUT2D eigenvalue weighted by atomic mass is 32.1. The number of aliphatic carboxylic acids is 1. The molecule has 3 rings (SSSR count). The zero-order valence-corrected chi connectivity index (χ0v) is 13.5. The second kappa shape index (κ2) is 6.48. The van der Waals surface area contributed by atoms with E-state index in [-0.39, 0.29) is 12.6 Å². The molecule has 118 valence electrons. The SMILES string of the molecule is C=CC(=C)c1ncc(-c2cccc3c2CCC3NCC(=O)O)s1. The number of benzene rings is 1. The topological polar surface area (TPSA) is 62.2 Å². The first-order chi connectivity index (χ1) is 11.1. The normalized spacial score (nSPS) is 16.1. The Hall–Kier alpha value is -2.24. The Morgan fingerprint density at radius 1 is 1.52 bits per heavy atom. The highest BCUT2D eigenvalue weighted by Crippen LogP contribution is 2.40. The fourth-order valence-electron chi connectivity index (χ4n) is 2.94. The summed E-state index contributed by atoms with van der Waals surface area (Å²) in [5.74, 6) is -0.829. The van der Waals surface area contributed by atoms with Gasteiger partial charge in [0.1, 0.15) is 5.01 Å². The molecule has 1 aromatic heterocycles. The highest BCUT2D eigenvalue weighted by Gasteiger charge is 2.25. The van der Waals surface area contributed by atoms with E-state index in [2.05, 4.69) is 35.6 Å². The molecule has 0 amide bonds. The fourth-order valence-corrected chi connectivity index (χ4v) is 3.88. The summed E-state index contributed by atoms with van der Waals surface area (Å²) in [6.07, 6.45) is 5.45. The maximum atomic E-state index is 10.8. The Morgan fingerprint density at radius 2 is 2.35 bits per heavy atom. The number of carboxylic acid groups (broad SMARTS) is 1. The number of nitrogens with zero attached hydrogens (tertiary/aromatic N) is 1. The number of rotatable bonds is 6. The zero-order valence-electron chi connectivity index (χ0n) is 12.7. The molecule has 1 unspecified atom stereocenters. The number of nitrogens with one attached hydrogen (secondary N) is 1. The van der Waals surface area contributed by atoms with Crippen LogP contribution >= 0.6 is 11.3 Å². The molecule has 1 aromatic carbocycles. The van der Waals surface area contributed by atoms with Gasteiger partial charge < -0.3 is 10.4 Å². The third-order valence-electron chi connectivity index (χ3n) is 4.06. The van der Waals surface area contributed by atoms with Crippen LogP contribution in [0.5, 0.6) is 0 Å². The van der Waals surface area contributed by atoms with Crippen LogP contribution in [-0.4, -0.2) is 22.6 Å². The van der Waals surface area contributed by atoms with Gasteiger partial charge in [-0.15, -0.1) is 11.3 Å². The lowest BCUT2D eigenvalue weighted by atomic mass is 10.0. The highest BCUT2D eigenvalue weighted by molar-refractivity contribution is 7.16. The van der Waals surface area contributed by atoms with E-state index in [0.717, 1.165) is 28.3 Å². The predicted molar refractivity (Wildman–Crippen MR) is 93.5 cm³/mol. The van der Waals surface area contributed by atoms with E-state index in [1.54, 1.807) is 17.4 Å².